The minimum Gasteiger partial charge on any atom is -0.493 e. The molecule has 0 saturated carbocycles. The number of aromatic nitrogens is 2. The molecule has 0 radical (unpaired) electrons. The number of fused-ring (bicyclic) bond motifs is 2. The number of para-hydroxylation sites is 2. The van der Waals surface area contributed by atoms with E-state index in [2.05, 4.69) is 21.4 Å². The van der Waals surface area contributed by atoms with Gasteiger partial charge in [0.1, 0.15) is 5.82 Å². The highest BCUT2D eigenvalue weighted by Gasteiger charge is 2.33. The molecule has 9 nitrogen and oxygen atoms in total. The fraction of sp³-hybridized carbons (Fsp3) is 0.132. The first-order valence-corrected chi connectivity index (χ1v) is 17.3. The molecule has 15 heteroatoms. The number of hydrogen-bond acceptors (Lipinski definition) is 10. The van der Waals surface area contributed by atoms with Crippen LogP contribution in [0.25, 0.3) is 20.4 Å². The minimum absolute atomic E-state index is 0.215. The van der Waals surface area contributed by atoms with E-state index in [1.165, 1.54) is 31.6 Å². The molecule has 7 rings (SSSR count). The molecule has 272 valence electrons. The number of methoxy groups -OCH3 is 4. The summed E-state index contributed by atoms with van der Waals surface area (Å²) in [5.41, 5.74) is 1.09. The van der Waals surface area contributed by atoms with Gasteiger partial charge < -0.3 is 24.3 Å². The van der Waals surface area contributed by atoms with Gasteiger partial charge in [0.05, 0.1) is 65.7 Å². The molecule has 0 aliphatic rings. The van der Waals surface area contributed by atoms with E-state index in [0.29, 0.717) is 40.6 Å². The van der Waals surface area contributed by atoms with Gasteiger partial charge in [-0.3, -0.25) is 9.69 Å². The van der Waals surface area contributed by atoms with Crippen LogP contribution in [0.15, 0.2) is 103 Å². The number of carbonyl (C=O) groups is 1. The zero-order chi connectivity index (χ0) is 37.7. The predicted octanol–water partition coefficient (Wildman–Crippen LogP) is 10.5. The van der Waals surface area contributed by atoms with Gasteiger partial charge in [0.2, 0.25) is 0 Å². The summed E-state index contributed by atoms with van der Waals surface area (Å²) in [5, 5.41) is 4.37. The van der Waals surface area contributed by atoms with Crippen LogP contribution in [0.2, 0.25) is 0 Å². The van der Waals surface area contributed by atoms with Crippen LogP contribution in [-0.4, -0.2) is 44.3 Å². The Hall–Kier alpha value is -5.93. The van der Waals surface area contributed by atoms with Crippen molar-refractivity contribution < 1.29 is 41.3 Å². The highest BCUT2D eigenvalue weighted by atomic mass is 32.1. The van der Waals surface area contributed by atoms with E-state index >= 15 is 0 Å². The lowest BCUT2D eigenvalue weighted by molar-refractivity contribution is -0.137. The molecule has 2 aromatic heterocycles. The Morgan fingerprint density at radius 2 is 1.26 bits per heavy atom. The summed E-state index contributed by atoms with van der Waals surface area (Å²) >= 11 is 2.80. The molecule has 53 heavy (non-hydrogen) atoms. The van der Waals surface area contributed by atoms with Gasteiger partial charge in [0.15, 0.2) is 33.3 Å². The Bertz CT molecular complexity index is 2330. The van der Waals surface area contributed by atoms with Gasteiger partial charge in [-0.2, -0.15) is 13.2 Å². The molecule has 0 atom stereocenters. The van der Waals surface area contributed by atoms with Gasteiger partial charge in [-0.15, -0.1) is 0 Å². The summed E-state index contributed by atoms with van der Waals surface area (Å²) in [6, 6.07) is 27.3. The molecule has 0 fully saturated rings. The van der Waals surface area contributed by atoms with Crippen molar-refractivity contribution in [2.75, 3.05) is 38.7 Å². The van der Waals surface area contributed by atoms with Gasteiger partial charge >= 0.3 is 6.18 Å². The third-order valence-corrected chi connectivity index (χ3v) is 9.73. The SMILES string of the molecule is COc1ccc(N(C(=O)c2ccc(C(F)(F)F)cc2F)c2nc3ccccc3s2)cc1OC.COc1ccc(Nc2nc3ccccc3s2)cc1OC. The molecule has 0 spiro atoms. The topological polar surface area (TPSA) is 95.0 Å². The van der Waals surface area contributed by atoms with Gasteiger partial charge in [0.25, 0.3) is 5.91 Å². The number of amides is 1. The van der Waals surface area contributed by atoms with Gasteiger partial charge in [0, 0.05) is 17.8 Å². The van der Waals surface area contributed by atoms with Crippen LogP contribution in [0, 0.1) is 5.82 Å². The number of carbonyl (C=O) groups excluding carboxylic acids is 1. The minimum atomic E-state index is -4.74. The van der Waals surface area contributed by atoms with E-state index < -0.39 is 29.0 Å². The first kappa shape index (κ1) is 36.8. The maximum atomic E-state index is 14.7. The molecule has 0 saturated heterocycles. The van der Waals surface area contributed by atoms with E-state index in [4.69, 9.17) is 18.9 Å². The van der Waals surface area contributed by atoms with Crippen LogP contribution in [0.4, 0.5) is 39.2 Å². The normalized spacial score (nSPS) is 11.1. The molecule has 1 amide bonds. The highest BCUT2D eigenvalue weighted by molar-refractivity contribution is 7.22. The van der Waals surface area contributed by atoms with E-state index in [0.717, 1.165) is 36.7 Å². The fourth-order valence-electron chi connectivity index (χ4n) is 5.18. The number of benzene rings is 5. The zero-order valence-corrected chi connectivity index (χ0v) is 30.2. The number of ether oxygens (including phenoxy) is 4. The number of thiazole rings is 2. The summed E-state index contributed by atoms with van der Waals surface area (Å²) in [4.78, 5) is 23.6. The lowest BCUT2D eigenvalue weighted by Gasteiger charge is -2.22. The third-order valence-electron chi connectivity index (χ3n) is 7.76. The number of alkyl halides is 3. The maximum Gasteiger partial charge on any atom is 0.416 e. The lowest BCUT2D eigenvalue weighted by atomic mass is 10.1. The van der Waals surface area contributed by atoms with Crippen molar-refractivity contribution in [3.8, 4) is 23.0 Å². The Balaban J connectivity index is 0.000000204. The maximum absolute atomic E-state index is 14.7. The number of rotatable bonds is 9. The molecular formula is C38H30F4N4O5S2. The lowest BCUT2D eigenvalue weighted by Crippen LogP contribution is -2.27. The monoisotopic (exact) mass is 762 g/mol. The Kier molecular flexibility index (Phi) is 11.0. The van der Waals surface area contributed by atoms with Crippen molar-refractivity contribution in [1.29, 1.82) is 0 Å². The average molecular weight is 763 g/mol. The van der Waals surface area contributed by atoms with Gasteiger partial charge in [-0.05, 0) is 66.7 Å². The smallest absolute Gasteiger partial charge is 0.416 e. The molecule has 0 unspecified atom stereocenters. The molecule has 0 aliphatic carbocycles. The predicted molar refractivity (Wildman–Crippen MR) is 199 cm³/mol. The van der Waals surface area contributed by atoms with E-state index in [-0.39, 0.29) is 10.8 Å². The number of nitrogens with zero attached hydrogens (tertiary/aromatic N) is 3. The van der Waals surface area contributed by atoms with Crippen molar-refractivity contribution >= 4 is 70.7 Å². The molecule has 1 N–H and O–H groups in total. The first-order chi connectivity index (χ1) is 25.5. The fourth-order valence-corrected chi connectivity index (χ4v) is 7.05. The highest BCUT2D eigenvalue weighted by Crippen LogP contribution is 2.40. The summed E-state index contributed by atoms with van der Waals surface area (Å²) in [6.45, 7) is 0. The van der Waals surface area contributed by atoms with E-state index in [9.17, 15) is 22.4 Å². The second kappa shape index (κ2) is 15.8. The quantitative estimate of drug-likeness (QED) is 0.145. The number of anilines is 4. The van der Waals surface area contributed by atoms with Crippen LogP contribution in [0.3, 0.4) is 0 Å². The molecule has 2 heterocycles. The summed E-state index contributed by atoms with van der Waals surface area (Å²) < 4.78 is 76.6. The van der Waals surface area contributed by atoms with Crippen LogP contribution in [0.5, 0.6) is 23.0 Å². The summed E-state index contributed by atoms with van der Waals surface area (Å²) in [5.74, 6) is -0.0599. The molecule has 0 aliphatic heterocycles. The number of halogens is 4. The van der Waals surface area contributed by atoms with Crippen LogP contribution in [-0.2, 0) is 6.18 Å². The van der Waals surface area contributed by atoms with Gasteiger partial charge in [-0.1, -0.05) is 46.9 Å². The van der Waals surface area contributed by atoms with Crippen LogP contribution in [0.1, 0.15) is 15.9 Å². The zero-order valence-electron chi connectivity index (χ0n) is 28.5. The first-order valence-electron chi connectivity index (χ1n) is 15.7. The van der Waals surface area contributed by atoms with Crippen LogP contribution < -0.4 is 29.2 Å². The van der Waals surface area contributed by atoms with Crippen molar-refractivity contribution in [1.82, 2.24) is 9.97 Å². The molecule has 0 bridgehead atoms. The molecule has 5 aromatic carbocycles. The van der Waals surface area contributed by atoms with Crippen LogP contribution >= 0.6 is 22.7 Å². The van der Waals surface area contributed by atoms with Crippen molar-refractivity contribution in [3.05, 3.63) is 120 Å². The molecular weight excluding hydrogens is 733 g/mol. The Morgan fingerprint density at radius 3 is 1.85 bits per heavy atom. The van der Waals surface area contributed by atoms with Gasteiger partial charge in [-0.25, -0.2) is 14.4 Å². The van der Waals surface area contributed by atoms with E-state index in [1.54, 1.807) is 49.8 Å². The third kappa shape index (κ3) is 8.10. The largest absolute Gasteiger partial charge is 0.493 e. The summed E-state index contributed by atoms with van der Waals surface area (Å²) in [6.07, 6.45) is -4.74. The second-order valence-electron chi connectivity index (χ2n) is 11.0. The second-order valence-corrected chi connectivity index (χ2v) is 13.1. The Labute approximate surface area is 309 Å². The molecule has 7 aromatic rings. The van der Waals surface area contributed by atoms with E-state index in [1.807, 2.05) is 48.5 Å². The van der Waals surface area contributed by atoms with Crippen molar-refractivity contribution in [2.45, 2.75) is 6.18 Å². The number of hydrogen-bond donors (Lipinski definition) is 1. The standard InChI is InChI=1S/C23H16F4N2O3S.C15H14N2O2S/c1-31-18-10-8-14(12-19(18)32-2)29(22-28-17-5-3-4-6-20(17)33-22)21(30)15-9-7-13(11-16(15)24)23(25,26)27;1-18-12-8-7-10(9-13(12)19-2)16-15-17-11-5-3-4-6-14(11)20-15/h3-12H,1-2H3;3-9H,1-2H3,(H,16,17). The average Bonchev–Trinajstić information content (AvgIpc) is 3.78. The number of nitrogens with one attached hydrogen (secondary N) is 1. The van der Waals surface area contributed by atoms with Crippen molar-refractivity contribution in [3.63, 3.8) is 0 Å². The Morgan fingerprint density at radius 1 is 0.679 bits per heavy atom. The van der Waals surface area contributed by atoms with Crippen molar-refractivity contribution in [2.24, 2.45) is 0 Å². The summed E-state index contributed by atoms with van der Waals surface area (Å²) in [7, 11) is 6.12.